The molecule has 1 amide bonds. The minimum Gasteiger partial charge on any atom is -0.349 e. The lowest BCUT2D eigenvalue weighted by Crippen LogP contribution is -2.41. The van der Waals surface area contributed by atoms with Gasteiger partial charge in [0.2, 0.25) is 0 Å². The third-order valence-corrected chi connectivity index (χ3v) is 5.33. The molecule has 1 N–H and O–H groups in total. The predicted molar refractivity (Wildman–Crippen MR) is 100 cm³/mol. The number of carbonyl (C=O) groups is 1. The molecule has 0 bridgehead atoms. The molecule has 2 unspecified atom stereocenters. The Morgan fingerprint density at radius 2 is 1.82 bits per heavy atom. The number of amides is 1. The van der Waals surface area contributed by atoms with Crippen LogP contribution in [0.15, 0.2) is 54.9 Å². The smallest absolute Gasteiger partial charge is 0.349 e. The summed E-state index contributed by atoms with van der Waals surface area (Å²) >= 11 is 0. The second-order valence-corrected chi connectivity index (χ2v) is 7.23. The summed E-state index contributed by atoms with van der Waals surface area (Å²) in [7, 11) is 0. The fraction of sp³-hybridized carbons (Fsp3) is 0.333. The number of para-hydroxylation sites is 2. The van der Waals surface area contributed by atoms with Crippen molar-refractivity contribution < 1.29 is 18.0 Å². The van der Waals surface area contributed by atoms with Gasteiger partial charge in [-0.3, -0.25) is 9.36 Å². The molecule has 1 saturated carbocycles. The number of alkyl halides is 3. The zero-order valence-electron chi connectivity index (χ0n) is 15.1. The molecule has 2 atom stereocenters. The first kappa shape index (κ1) is 18.5. The number of rotatable bonds is 3. The Morgan fingerprint density at radius 1 is 1.07 bits per heavy atom. The van der Waals surface area contributed by atoms with Crippen molar-refractivity contribution >= 4 is 16.9 Å². The summed E-state index contributed by atoms with van der Waals surface area (Å²) in [5, 5.41) is 2.76. The van der Waals surface area contributed by atoms with Gasteiger partial charge in [-0.1, -0.05) is 18.6 Å². The van der Waals surface area contributed by atoms with Crippen molar-refractivity contribution in [1.82, 2.24) is 14.9 Å². The van der Waals surface area contributed by atoms with E-state index in [9.17, 15) is 18.0 Å². The molecule has 0 saturated heterocycles. The van der Waals surface area contributed by atoms with E-state index in [1.807, 2.05) is 41.0 Å². The van der Waals surface area contributed by atoms with Crippen LogP contribution in [0.4, 0.5) is 13.2 Å². The highest BCUT2D eigenvalue weighted by Crippen LogP contribution is 2.37. The van der Waals surface area contributed by atoms with Crippen LogP contribution in [0.25, 0.3) is 16.7 Å². The molecule has 1 aliphatic carbocycles. The van der Waals surface area contributed by atoms with Crippen LogP contribution in [0.3, 0.4) is 0 Å². The number of imidazole rings is 1. The van der Waals surface area contributed by atoms with E-state index < -0.39 is 18.1 Å². The van der Waals surface area contributed by atoms with Crippen molar-refractivity contribution in [3.05, 3.63) is 60.4 Å². The van der Waals surface area contributed by atoms with Gasteiger partial charge in [0.05, 0.1) is 17.0 Å². The first-order valence-electron chi connectivity index (χ1n) is 9.32. The molecular formula is C21H20F3N3O. The van der Waals surface area contributed by atoms with Crippen LogP contribution in [-0.4, -0.2) is 27.7 Å². The van der Waals surface area contributed by atoms with Gasteiger partial charge >= 0.3 is 6.18 Å². The van der Waals surface area contributed by atoms with Gasteiger partial charge in [0, 0.05) is 17.3 Å². The zero-order chi connectivity index (χ0) is 19.7. The van der Waals surface area contributed by atoms with Gasteiger partial charge in [-0.2, -0.15) is 13.2 Å². The van der Waals surface area contributed by atoms with Crippen LogP contribution in [-0.2, 0) is 0 Å². The average molecular weight is 387 g/mol. The van der Waals surface area contributed by atoms with Gasteiger partial charge in [0.1, 0.15) is 6.33 Å². The van der Waals surface area contributed by atoms with Crippen molar-refractivity contribution in [3.8, 4) is 5.69 Å². The van der Waals surface area contributed by atoms with Crippen molar-refractivity contribution in [2.75, 3.05) is 0 Å². The molecule has 1 fully saturated rings. The van der Waals surface area contributed by atoms with Gasteiger partial charge in [0.15, 0.2) is 0 Å². The van der Waals surface area contributed by atoms with E-state index in [0.29, 0.717) is 18.4 Å². The van der Waals surface area contributed by atoms with E-state index in [2.05, 4.69) is 10.3 Å². The molecule has 0 aliphatic heterocycles. The maximum absolute atomic E-state index is 12.9. The highest BCUT2D eigenvalue weighted by Gasteiger charge is 2.42. The molecule has 0 radical (unpaired) electrons. The summed E-state index contributed by atoms with van der Waals surface area (Å²) in [5.74, 6) is -1.67. The summed E-state index contributed by atoms with van der Waals surface area (Å²) in [6, 6.07) is 14.3. The number of fused-ring (bicyclic) bond motifs is 1. The van der Waals surface area contributed by atoms with Gasteiger partial charge in [-0.15, -0.1) is 0 Å². The van der Waals surface area contributed by atoms with Crippen LogP contribution in [0.2, 0.25) is 0 Å². The van der Waals surface area contributed by atoms with Crippen LogP contribution in [0.5, 0.6) is 0 Å². The summed E-state index contributed by atoms with van der Waals surface area (Å²) in [6.45, 7) is 0. The maximum Gasteiger partial charge on any atom is 0.391 e. The largest absolute Gasteiger partial charge is 0.391 e. The minimum absolute atomic E-state index is 0.0473. The standard InChI is InChI=1S/C21H20F3N3O/c22-21(23,24)15-4-3-5-16(12-15)26-20(28)14-8-10-17(11-9-14)27-13-25-18-6-1-2-7-19(18)27/h1-2,6-11,13,15-16H,3-5,12H2,(H,26,28). The number of benzene rings is 2. The normalized spacial score (nSPS) is 20.2. The number of halogens is 3. The molecule has 1 heterocycles. The molecular weight excluding hydrogens is 367 g/mol. The van der Waals surface area contributed by atoms with E-state index in [1.165, 1.54) is 0 Å². The number of hydrogen-bond acceptors (Lipinski definition) is 2. The van der Waals surface area contributed by atoms with E-state index in [-0.39, 0.29) is 18.7 Å². The first-order valence-corrected chi connectivity index (χ1v) is 9.32. The van der Waals surface area contributed by atoms with Crippen LogP contribution < -0.4 is 5.32 Å². The number of hydrogen-bond donors (Lipinski definition) is 1. The molecule has 4 rings (SSSR count). The van der Waals surface area contributed by atoms with Crippen LogP contribution in [0.1, 0.15) is 36.0 Å². The molecule has 2 aromatic carbocycles. The Kier molecular flexibility index (Phi) is 4.83. The van der Waals surface area contributed by atoms with Gasteiger partial charge in [0.25, 0.3) is 5.91 Å². The summed E-state index contributed by atoms with van der Waals surface area (Å²) in [5.41, 5.74) is 3.13. The van der Waals surface area contributed by atoms with Crippen molar-refractivity contribution in [3.63, 3.8) is 0 Å². The lowest BCUT2D eigenvalue weighted by molar-refractivity contribution is -0.183. The van der Waals surface area contributed by atoms with Crippen LogP contribution >= 0.6 is 0 Å². The van der Waals surface area contributed by atoms with Crippen molar-refractivity contribution in [2.45, 2.75) is 37.9 Å². The quantitative estimate of drug-likeness (QED) is 0.697. The number of carbonyl (C=O) groups excluding carboxylic acids is 1. The van der Waals surface area contributed by atoms with Crippen LogP contribution in [0, 0.1) is 5.92 Å². The molecule has 3 aromatic rings. The molecule has 28 heavy (non-hydrogen) atoms. The molecule has 146 valence electrons. The monoisotopic (exact) mass is 387 g/mol. The highest BCUT2D eigenvalue weighted by atomic mass is 19.4. The van der Waals surface area contributed by atoms with E-state index in [0.717, 1.165) is 16.7 Å². The Hall–Kier alpha value is -2.83. The highest BCUT2D eigenvalue weighted by molar-refractivity contribution is 5.94. The van der Waals surface area contributed by atoms with Crippen molar-refractivity contribution in [1.29, 1.82) is 0 Å². The number of aromatic nitrogens is 2. The molecule has 4 nitrogen and oxygen atoms in total. The summed E-state index contributed by atoms with van der Waals surface area (Å²) in [4.78, 5) is 16.8. The Balaban J connectivity index is 1.46. The SMILES string of the molecule is O=C(NC1CCCC(C(F)(F)F)C1)c1ccc(-n2cnc3ccccc32)cc1. The topological polar surface area (TPSA) is 46.9 Å². The first-order chi connectivity index (χ1) is 13.4. The molecule has 7 heteroatoms. The lowest BCUT2D eigenvalue weighted by atomic mass is 9.85. The Morgan fingerprint density at radius 3 is 2.57 bits per heavy atom. The Labute approximate surface area is 160 Å². The summed E-state index contributed by atoms with van der Waals surface area (Å²) < 4.78 is 40.8. The van der Waals surface area contributed by atoms with Gasteiger partial charge in [-0.05, 0) is 55.7 Å². The van der Waals surface area contributed by atoms with Crippen molar-refractivity contribution in [2.24, 2.45) is 5.92 Å². The molecule has 1 aromatic heterocycles. The molecule has 0 spiro atoms. The maximum atomic E-state index is 12.9. The predicted octanol–water partition coefficient (Wildman–Crippen LogP) is 4.88. The van der Waals surface area contributed by atoms with Gasteiger partial charge < -0.3 is 5.32 Å². The summed E-state index contributed by atoms with van der Waals surface area (Å²) in [6.07, 6.45) is -1.32. The minimum atomic E-state index is -4.20. The van der Waals surface area contributed by atoms with E-state index in [4.69, 9.17) is 0 Å². The van der Waals surface area contributed by atoms with Gasteiger partial charge in [-0.25, -0.2) is 4.98 Å². The molecule has 1 aliphatic rings. The fourth-order valence-corrected chi connectivity index (χ4v) is 3.83. The second kappa shape index (κ2) is 7.30. The van der Waals surface area contributed by atoms with E-state index in [1.54, 1.807) is 18.5 Å². The zero-order valence-corrected chi connectivity index (χ0v) is 15.1. The number of nitrogens with zero attached hydrogens (tertiary/aromatic N) is 2. The third-order valence-electron chi connectivity index (χ3n) is 5.33. The lowest BCUT2D eigenvalue weighted by Gasteiger charge is -2.31. The fourth-order valence-electron chi connectivity index (χ4n) is 3.83. The van der Waals surface area contributed by atoms with E-state index >= 15 is 0 Å². The average Bonchev–Trinajstić information content (AvgIpc) is 3.12. The Bertz CT molecular complexity index is 978. The number of nitrogens with one attached hydrogen (secondary N) is 1. The third kappa shape index (κ3) is 3.74. The second-order valence-electron chi connectivity index (χ2n) is 7.23.